The summed E-state index contributed by atoms with van der Waals surface area (Å²) in [5, 5.41) is 2.44. The van der Waals surface area contributed by atoms with Crippen molar-refractivity contribution < 1.29 is 0 Å². The van der Waals surface area contributed by atoms with Gasteiger partial charge in [0.25, 0.3) is 0 Å². The van der Waals surface area contributed by atoms with E-state index in [9.17, 15) is 0 Å². The molecule has 0 unspecified atom stereocenters. The van der Waals surface area contributed by atoms with Crippen molar-refractivity contribution in [1.82, 2.24) is 9.55 Å². The molecule has 0 spiro atoms. The maximum Gasteiger partial charge on any atom is 0.100 e. The van der Waals surface area contributed by atoms with Gasteiger partial charge in [0.2, 0.25) is 0 Å². The zero-order valence-corrected chi connectivity index (χ0v) is 12.2. The van der Waals surface area contributed by atoms with E-state index >= 15 is 0 Å². The highest BCUT2D eigenvalue weighted by molar-refractivity contribution is 9.10. The van der Waals surface area contributed by atoms with Crippen molar-refractivity contribution in [3.63, 3.8) is 0 Å². The molecule has 0 N–H and O–H groups in total. The van der Waals surface area contributed by atoms with Gasteiger partial charge in [0.05, 0.1) is 16.7 Å². The monoisotopic (exact) mass is 322 g/mol. The van der Waals surface area contributed by atoms with Gasteiger partial charge >= 0.3 is 0 Å². The minimum atomic E-state index is 1.01. The van der Waals surface area contributed by atoms with Gasteiger partial charge in [0.1, 0.15) is 6.33 Å². The average Bonchev–Trinajstić information content (AvgIpc) is 2.91. The van der Waals surface area contributed by atoms with Crippen molar-refractivity contribution in [2.75, 3.05) is 0 Å². The molecule has 0 amide bonds. The quantitative estimate of drug-likeness (QED) is 0.485. The lowest BCUT2D eigenvalue weighted by atomic mass is 10.1. The summed E-state index contributed by atoms with van der Waals surface area (Å²) in [5.41, 5.74) is 3.26. The van der Waals surface area contributed by atoms with Crippen molar-refractivity contribution in [3.8, 4) is 5.69 Å². The van der Waals surface area contributed by atoms with E-state index in [1.54, 1.807) is 0 Å². The first-order valence-electron chi connectivity index (χ1n) is 6.44. The van der Waals surface area contributed by atoms with Gasteiger partial charge in [-0.3, -0.25) is 4.57 Å². The molecule has 0 saturated heterocycles. The molecule has 1 aromatic heterocycles. The molecule has 4 rings (SSSR count). The van der Waals surface area contributed by atoms with Gasteiger partial charge in [-0.25, -0.2) is 4.98 Å². The number of fused-ring (bicyclic) bond motifs is 2. The first-order valence-corrected chi connectivity index (χ1v) is 7.23. The predicted octanol–water partition coefficient (Wildman–Crippen LogP) is 4.94. The Morgan fingerprint density at radius 3 is 2.60 bits per heavy atom. The minimum Gasteiger partial charge on any atom is -0.297 e. The molecule has 4 aromatic rings. The number of nitrogens with zero attached hydrogens (tertiary/aromatic N) is 2. The normalized spacial score (nSPS) is 11.2. The number of rotatable bonds is 1. The molecule has 1 heterocycles. The Labute approximate surface area is 124 Å². The zero-order chi connectivity index (χ0) is 13.5. The van der Waals surface area contributed by atoms with Gasteiger partial charge in [-0.15, -0.1) is 0 Å². The van der Waals surface area contributed by atoms with Crippen LogP contribution in [0.2, 0.25) is 0 Å². The summed E-state index contributed by atoms with van der Waals surface area (Å²) in [6.45, 7) is 0. The number of hydrogen-bond donors (Lipinski definition) is 0. The van der Waals surface area contributed by atoms with Crippen LogP contribution in [0.15, 0.2) is 71.5 Å². The van der Waals surface area contributed by atoms with E-state index in [0.717, 1.165) is 21.2 Å². The fourth-order valence-corrected chi connectivity index (χ4v) is 3.15. The third-order valence-electron chi connectivity index (χ3n) is 3.55. The van der Waals surface area contributed by atoms with Gasteiger partial charge in [-0.05, 0) is 39.5 Å². The first-order chi connectivity index (χ1) is 9.84. The molecule has 20 heavy (non-hydrogen) atoms. The van der Waals surface area contributed by atoms with Crippen LogP contribution >= 0.6 is 15.9 Å². The summed E-state index contributed by atoms with van der Waals surface area (Å²) in [4.78, 5) is 4.49. The average molecular weight is 323 g/mol. The molecule has 2 nitrogen and oxygen atoms in total. The second-order valence-corrected chi connectivity index (χ2v) is 5.57. The molecule has 96 valence electrons. The molecule has 3 aromatic carbocycles. The number of hydrogen-bond acceptors (Lipinski definition) is 1. The van der Waals surface area contributed by atoms with Crippen LogP contribution in [0.4, 0.5) is 0 Å². The summed E-state index contributed by atoms with van der Waals surface area (Å²) in [6.07, 6.45) is 1.89. The highest BCUT2D eigenvalue weighted by Gasteiger charge is 2.10. The lowest BCUT2D eigenvalue weighted by Crippen LogP contribution is -1.95. The second kappa shape index (κ2) is 4.46. The number of para-hydroxylation sites is 2. The molecule has 0 aliphatic rings. The Kier molecular flexibility index (Phi) is 2.60. The lowest BCUT2D eigenvalue weighted by Gasteiger charge is -2.11. The van der Waals surface area contributed by atoms with Crippen LogP contribution in [0.25, 0.3) is 27.5 Å². The molecule has 3 heteroatoms. The largest absolute Gasteiger partial charge is 0.297 e. The van der Waals surface area contributed by atoms with Crippen LogP contribution in [0.1, 0.15) is 0 Å². The van der Waals surface area contributed by atoms with Crippen molar-refractivity contribution in [1.29, 1.82) is 0 Å². The van der Waals surface area contributed by atoms with Gasteiger partial charge in [-0.1, -0.05) is 42.5 Å². The fourth-order valence-electron chi connectivity index (χ4n) is 2.61. The van der Waals surface area contributed by atoms with Crippen LogP contribution in [0.5, 0.6) is 0 Å². The van der Waals surface area contributed by atoms with Crippen molar-refractivity contribution in [2.45, 2.75) is 0 Å². The Morgan fingerprint density at radius 2 is 1.65 bits per heavy atom. The van der Waals surface area contributed by atoms with Gasteiger partial charge in [-0.2, -0.15) is 0 Å². The number of halogens is 1. The highest BCUT2D eigenvalue weighted by Crippen LogP contribution is 2.32. The van der Waals surface area contributed by atoms with Gasteiger partial charge in [0, 0.05) is 9.86 Å². The summed E-state index contributed by atoms with van der Waals surface area (Å²) < 4.78 is 3.21. The van der Waals surface area contributed by atoms with E-state index in [1.165, 1.54) is 10.8 Å². The van der Waals surface area contributed by atoms with Crippen LogP contribution < -0.4 is 0 Å². The van der Waals surface area contributed by atoms with E-state index < -0.39 is 0 Å². The predicted molar refractivity (Wildman–Crippen MR) is 86.3 cm³/mol. The van der Waals surface area contributed by atoms with E-state index in [1.807, 2.05) is 24.5 Å². The smallest absolute Gasteiger partial charge is 0.100 e. The van der Waals surface area contributed by atoms with Gasteiger partial charge < -0.3 is 0 Å². The fraction of sp³-hybridized carbons (Fsp3) is 0. The molecule has 0 saturated carbocycles. The Hall–Kier alpha value is -2.13. The SMILES string of the molecule is Brc1ccc2ccccc2c1-n1cnc2ccccc21. The molecule has 0 aliphatic heterocycles. The van der Waals surface area contributed by atoms with E-state index in [4.69, 9.17) is 0 Å². The maximum absolute atomic E-state index is 4.49. The second-order valence-electron chi connectivity index (χ2n) is 4.72. The maximum atomic E-state index is 4.49. The molecule has 0 bridgehead atoms. The summed E-state index contributed by atoms with van der Waals surface area (Å²) in [6, 6.07) is 20.8. The Morgan fingerprint density at radius 1 is 0.850 bits per heavy atom. The number of aromatic nitrogens is 2. The number of benzene rings is 3. The molecule has 0 fully saturated rings. The Balaban J connectivity index is 2.14. The highest BCUT2D eigenvalue weighted by atomic mass is 79.9. The third-order valence-corrected chi connectivity index (χ3v) is 4.19. The van der Waals surface area contributed by atoms with E-state index in [2.05, 4.69) is 67.9 Å². The summed E-state index contributed by atoms with van der Waals surface area (Å²) >= 11 is 3.68. The standard InChI is InChI=1S/C17H11BrN2/c18-14-10-9-12-5-1-2-6-13(12)17(14)20-11-19-15-7-3-4-8-16(15)20/h1-11H. The molecular weight excluding hydrogens is 312 g/mol. The first kappa shape index (κ1) is 11.7. The minimum absolute atomic E-state index is 1.01. The van der Waals surface area contributed by atoms with Crippen molar-refractivity contribution >= 4 is 37.7 Å². The molecular formula is C17H11BrN2. The van der Waals surface area contributed by atoms with Crippen LogP contribution in [-0.4, -0.2) is 9.55 Å². The van der Waals surface area contributed by atoms with E-state index in [0.29, 0.717) is 0 Å². The van der Waals surface area contributed by atoms with Crippen LogP contribution in [0, 0.1) is 0 Å². The molecule has 0 aliphatic carbocycles. The molecule has 0 radical (unpaired) electrons. The topological polar surface area (TPSA) is 17.8 Å². The summed E-state index contributed by atoms with van der Waals surface area (Å²) in [7, 11) is 0. The third kappa shape index (κ3) is 1.67. The summed E-state index contributed by atoms with van der Waals surface area (Å²) in [5.74, 6) is 0. The van der Waals surface area contributed by atoms with Crippen molar-refractivity contribution in [3.05, 3.63) is 71.5 Å². The molecule has 0 atom stereocenters. The van der Waals surface area contributed by atoms with Gasteiger partial charge in [0.15, 0.2) is 0 Å². The Bertz CT molecular complexity index is 924. The van der Waals surface area contributed by atoms with Crippen LogP contribution in [-0.2, 0) is 0 Å². The lowest BCUT2D eigenvalue weighted by molar-refractivity contribution is 1.10. The zero-order valence-electron chi connectivity index (χ0n) is 10.6. The van der Waals surface area contributed by atoms with Crippen LogP contribution in [0.3, 0.4) is 0 Å². The van der Waals surface area contributed by atoms with Crippen molar-refractivity contribution in [2.24, 2.45) is 0 Å². The number of imidazole rings is 1. The van der Waals surface area contributed by atoms with E-state index in [-0.39, 0.29) is 0 Å².